The molecule has 160 valence electrons. The summed E-state index contributed by atoms with van der Waals surface area (Å²) in [7, 11) is 1.62. The Morgan fingerprint density at radius 1 is 0.938 bits per heavy atom. The number of carbonyl (C=O) groups excluding carboxylic acids is 1. The zero-order chi connectivity index (χ0) is 22.3. The molecule has 4 aromatic rings. The number of methoxy groups -OCH3 is 1. The Hall–Kier alpha value is -3.84. The summed E-state index contributed by atoms with van der Waals surface area (Å²) in [6, 6.07) is 27.3. The molecule has 0 saturated heterocycles. The fourth-order valence-electron chi connectivity index (χ4n) is 3.03. The first-order valence-electron chi connectivity index (χ1n) is 9.97. The van der Waals surface area contributed by atoms with E-state index in [1.54, 1.807) is 37.4 Å². The van der Waals surface area contributed by atoms with Crippen molar-refractivity contribution in [2.24, 2.45) is 0 Å². The van der Waals surface area contributed by atoms with Crippen LogP contribution in [0.2, 0.25) is 0 Å². The Balaban J connectivity index is 1.47. The minimum Gasteiger partial charge on any atom is -0.497 e. The van der Waals surface area contributed by atoms with E-state index in [2.05, 4.69) is 10.4 Å². The molecule has 1 amide bonds. The Morgan fingerprint density at radius 2 is 1.66 bits per heavy atom. The number of hydrogen-bond donors (Lipinski definition) is 1. The van der Waals surface area contributed by atoms with Gasteiger partial charge in [-0.2, -0.15) is 9.78 Å². The molecule has 0 aliphatic carbocycles. The third kappa shape index (κ3) is 5.25. The van der Waals surface area contributed by atoms with Crippen LogP contribution in [0.1, 0.15) is 15.9 Å². The number of aromatic nitrogens is 2. The number of carbonyl (C=O) groups is 1. The van der Waals surface area contributed by atoms with Crippen LogP contribution in [0.15, 0.2) is 106 Å². The molecule has 0 aliphatic rings. The minimum absolute atomic E-state index is 0.176. The van der Waals surface area contributed by atoms with Gasteiger partial charge in [-0.3, -0.25) is 9.59 Å². The molecule has 0 aliphatic heterocycles. The highest BCUT2D eigenvalue weighted by Crippen LogP contribution is 2.27. The number of benzene rings is 3. The Morgan fingerprint density at radius 3 is 2.34 bits per heavy atom. The quantitative estimate of drug-likeness (QED) is 0.460. The molecule has 0 unspecified atom stereocenters. The van der Waals surface area contributed by atoms with Gasteiger partial charge in [0.2, 0.25) is 0 Å². The predicted octanol–water partition coefficient (Wildman–Crippen LogP) is 4.32. The van der Waals surface area contributed by atoms with Gasteiger partial charge in [0.1, 0.15) is 10.8 Å². The fraction of sp³-hybridized carbons (Fsp3) is 0.0800. The standard InChI is InChI=1S/C25H21N3O3S/c1-31-21-11-13-22(14-12-21)32-23-15-16-24(29)28(27-23)20-9-7-19(8-10-20)25(30)26-17-18-5-3-2-4-6-18/h2-16H,17H2,1H3,(H,26,30). The normalized spacial score (nSPS) is 10.5. The van der Waals surface area contributed by atoms with Gasteiger partial charge in [0.25, 0.3) is 11.5 Å². The van der Waals surface area contributed by atoms with E-state index in [1.807, 2.05) is 54.6 Å². The van der Waals surface area contributed by atoms with Crippen LogP contribution in [0.25, 0.3) is 5.69 Å². The minimum atomic E-state index is -0.245. The van der Waals surface area contributed by atoms with Gasteiger partial charge < -0.3 is 10.1 Å². The van der Waals surface area contributed by atoms with Gasteiger partial charge in [-0.25, -0.2) is 0 Å². The second-order valence-electron chi connectivity index (χ2n) is 6.91. The molecular formula is C25H21N3O3S. The number of nitrogens with zero attached hydrogens (tertiary/aromatic N) is 2. The maximum atomic E-state index is 12.4. The Bertz CT molecular complexity index is 1250. The molecule has 0 fully saturated rings. The van der Waals surface area contributed by atoms with Crippen LogP contribution in [-0.4, -0.2) is 22.8 Å². The van der Waals surface area contributed by atoms with Crippen LogP contribution in [-0.2, 0) is 6.54 Å². The summed E-state index contributed by atoms with van der Waals surface area (Å²) in [5.74, 6) is 0.602. The van der Waals surface area contributed by atoms with Crippen molar-refractivity contribution < 1.29 is 9.53 Å². The SMILES string of the molecule is COc1ccc(Sc2ccc(=O)n(-c3ccc(C(=O)NCc4ccccc4)cc3)n2)cc1. The number of hydrogen-bond acceptors (Lipinski definition) is 5. The molecule has 0 radical (unpaired) electrons. The number of rotatable bonds is 7. The largest absolute Gasteiger partial charge is 0.497 e. The van der Waals surface area contributed by atoms with Crippen molar-refractivity contribution in [1.29, 1.82) is 0 Å². The third-order valence-corrected chi connectivity index (χ3v) is 5.66. The first kappa shape index (κ1) is 21.4. The van der Waals surface area contributed by atoms with Crippen LogP contribution in [0.5, 0.6) is 5.75 Å². The van der Waals surface area contributed by atoms with Crippen molar-refractivity contribution in [2.75, 3.05) is 7.11 Å². The molecule has 6 nitrogen and oxygen atoms in total. The van der Waals surface area contributed by atoms with Gasteiger partial charge >= 0.3 is 0 Å². The van der Waals surface area contributed by atoms with Gasteiger partial charge in [-0.05, 0) is 60.2 Å². The third-order valence-electron chi connectivity index (χ3n) is 4.73. The maximum absolute atomic E-state index is 12.4. The second-order valence-corrected chi connectivity index (χ2v) is 8.01. The molecule has 0 bridgehead atoms. The van der Waals surface area contributed by atoms with E-state index in [0.29, 0.717) is 22.8 Å². The maximum Gasteiger partial charge on any atom is 0.271 e. The van der Waals surface area contributed by atoms with Gasteiger partial charge in [-0.1, -0.05) is 42.1 Å². The average molecular weight is 444 g/mol. The summed E-state index contributed by atoms with van der Waals surface area (Å²) < 4.78 is 6.51. The summed E-state index contributed by atoms with van der Waals surface area (Å²) in [6.07, 6.45) is 0. The molecule has 4 rings (SSSR count). The average Bonchev–Trinajstić information content (AvgIpc) is 2.85. The lowest BCUT2D eigenvalue weighted by molar-refractivity contribution is 0.0951. The number of amides is 1. The molecular weight excluding hydrogens is 422 g/mol. The Kier molecular flexibility index (Phi) is 6.67. The van der Waals surface area contributed by atoms with E-state index < -0.39 is 0 Å². The summed E-state index contributed by atoms with van der Waals surface area (Å²) in [5, 5.41) is 8.04. The molecule has 1 heterocycles. The van der Waals surface area contributed by atoms with Crippen molar-refractivity contribution >= 4 is 17.7 Å². The molecule has 1 N–H and O–H groups in total. The zero-order valence-electron chi connectivity index (χ0n) is 17.4. The first-order chi connectivity index (χ1) is 15.6. The predicted molar refractivity (Wildman–Crippen MR) is 125 cm³/mol. The van der Waals surface area contributed by atoms with E-state index in [-0.39, 0.29) is 11.5 Å². The second kappa shape index (κ2) is 9.98. The molecule has 0 saturated carbocycles. The fourth-order valence-corrected chi connectivity index (χ4v) is 3.80. The van der Waals surface area contributed by atoms with Crippen molar-refractivity contribution in [3.05, 3.63) is 112 Å². The molecule has 32 heavy (non-hydrogen) atoms. The van der Waals surface area contributed by atoms with Crippen molar-refractivity contribution in [3.8, 4) is 11.4 Å². The van der Waals surface area contributed by atoms with Crippen LogP contribution in [0, 0.1) is 0 Å². The highest BCUT2D eigenvalue weighted by Gasteiger charge is 2.09. The van der Waals surface area contributed by atoms with Crippen LogP contribution >= 0.6 is 11.8 Å². The lowest BCUT2D eigenvalue weighted by Crippen LogP contribution is -2.23. The highest BCUT2D eigenvalue weighted by molar-refractivity contribution is 7.99. The van der Waals surface area contributed by atoms with E-state index >= 15 is 0 Å². The van der Waals surface area contributed by atoms with Crippen LogP contribution < -0.4 is 15.6 Å². The molecule has 3 aromatic carbocycles. The van der Waals surface area contributed by atoms with Crippen molar-refractivity contribution in [3.63, 3.8) is 0 Å². The van der Waals surface area contributed by atoms with E-state index in [9.17, 15) is 9.59 Å². The Labute approximate surface area is 189 Å². The lowest BCUT2D eigenvalue weighted by atomic mass is 10.2. The van der Waals surface area contributed by atoms with Gasteiger partial charge in [0.15, 0.2) is 0 Å². The van der Waals surface area contributed by atoms with Crippen molar-refractivity contribution in [1.82, 2.24) is 15.1 Å². The first-order valence-corrected chi connectivity index (χ1v) is 10.8. The topological polar surface area (TPSA) is 73.2 Å². The molecule has 7 heteroatoms. The number of nitrogens with one attached hydrogen (secondary N) is 1. The zero-order valence-corrected chi connectivity index (χ0v) is 18.2. The monoisotopic (exact) mass is 443 g/mol. The summed E-state index contributed by atoms with van der Waals surface area (Å²) in [5.41, 5.74) is 1.89. The van der Waals surface area contributed by atoms with Gasteiger partial charge in [-0.15, -0.1) is 0 Å². The van der Waals surface area contributed by atoms with E-state index in [1.165, 1.54) is 22.5 Å². The smallest absolute Gasteiger partial charge is 0.271 e. The van der Waals surface area contributed by atoms with Crippen LogP contribution in [0.3, 0.4) is 0 Å². The summed E-state index contributed by atoms with van der Waals surface area (Å²) in [4.78, 5) is 25.8. The van der Waals surface area contributed by atoms with Gasteiger partial charge in [0, 0.05) is 23.1 Å². The van der Waals surface area contributed by atoms with Crippen LogP contribution in [0.4, 0.5) is 0 Å². The van der Waals surface area contributed by atoms with Crippen molar-refractivity contribution in [2.45, 2.75) is 16.5 Å². The molecule has 1 aromatic heterocycles. The lowest BCUT2D eigenvalue weighted by Gasteiger charge is -2.09. The highest BCUT2D eigenvalue weighted by atomic mass is 32.2. The number of ether oxygens (including phenoxy) is 1. The summed E-state index contributed by atoms with van der Waals surface area (Å²) in [6.45, 7) is 0.451. The van der Waals surface area contributed by atoms with E-state index in [0.717, 1.165) is 16.2 Å². The molecule has 0 atom stereocenters. The van der Waals surface area contributed by atoms with Gasteiger partial charge in [0.05, 0.1) is 12.8 Å². The molecule has 0 spiro atoms. The van der Waals surface area contributed by atoms with E-state index in [4.69, 9.17) is 4.74 Å². The summed E-state index contributed by atoms with van der Waals surface area (Å²) >= 11 is 1.45.